The van der Waals surface area contributed by atoms with Crippen molar-refractivity contribution in [2.75, 3.05) is 5.73 Å². The van der Waals surface area contributed by atoms with E-state index in [1.165, 1.54) is 11.8 Å². The molecule has 1 aliphatic rings. The Morgan fingerprint density at radius 2 is 2.04 bits per heavy atom. The Kier molecular flexibility index (Phi) is 3.75. The summed E-state index contributed by atoms with van der Waals surface area (Å²) in [4.78, 5) is 25.8. The minimum absolute atomic E-state index is 0.153. The van der Waals surface area contributed by atoms with Crippen molar-refractivity contribution in [1.82, 2.24) is 20.3 Å². The van der Waals surface area contributed by atoms with Gasteiger partial charge in [-0.2, -0.15) is 0 Å². The number of carbonyl (C=O) groups excluding carboxylic acids is 1. The molecule has 0 aliphatic carbocycles. The number of pyridine rings is 1. The second-order valence-corrected chi connectivity index (χ2v) is 7.61. The summed E-state index contributed by atoms with van der Waals surface area (Å²) in [5.41, 5.74) is 8.95. The summed E-state index contributed by atoms with van der Waals surface area (Å²) in [7, 11) is 0. The van der Waals surface area contributed by atoms with Gasteiger partial charge in [0.05, 0.1) is 16.6 Å². The van der Waals surface area contributed by atoms with E-state index in [0.29, 0.717) is 20.3 Å². The lowest BCUT2D eigenvalue weighted by molar-refractivity contribution is -0.115. The molecule has 0 atom stereocenters. The quantitative estimate of drug-likeness (QED) is 0.528. The molecular formula is C15H9N5OS3. The topological polar surface area (TPSA) is 93.8 Å². The molecule has 9 heteroatoms. The number of nitrogens with two attached hydrogens (primary N) is 1. The fourth-order valence-electron chi connectivity index (χ4n) is 2.22. The maximum absolute atomic E-state index is 11.7. The molecule has 1 aliphatic heterocycles. The zero-order chi connectivity index (χ0) is 16.7. The van der Waals surface area contributed by atoms with Crippen molar-refractivity contribution in [3.63, 3.8) is 0 Å². The number of carbonyl (C=O) groups is 1. The molecule has 1 fully saturated rings. The highest BCUT2D eigenvalue weighted by atomic mass is 32.2. The van der Waals surface area contributed by atoms with E-state index in [4.69, 9.17) is 18.0 Å². The number of amides is 1. The molecule has 3 N–H and O–H groups in total. The molecule has 4 heterocycles. The summed E-state index contributed by atoms with van der Waals surface area (Å²) in [6.45, 7) is 0. The van der Waals surface area contributed by atoms with Crippen LogP contribution in [0.1, 0.15) is 4.88 Å². The number of anilines is 1. The number of hydrogen-bond donors (Lipinski definition) is 2. The highest BCUT2D eigenvalue weighted by molar-refractivity contribution is 8.26. The standard InChI is InChI=1S/C15H9N5OS3/c16-14-18-5-11-10(19-14)2-7(4-17-11)8-1-9(23-6-8)3-12-13(21)20-15(22)24-12/h1-6H,(H2,16,18,19)(H,20,21,22). The predicted octanol–water partition coefficient (Wildman–Crippen LogP) is 2.82. The van der Waals surface area contributed by atoms with Crippen molar-refractivity contribution in [1.29, 1.82) is 0 Å². The Bertz CT molecular complexity index is 1030. The summed E-state index contributed by atoms with van der Waals surface area (Å²) >= 11 is 7.81. The smallest absolute Gasteiger partial charge is 0.263 e. The fraction of sp³-hybridized carbons (Fsp3) is 0. The normalized spacial score (nSPS) is 16.1. The molecule has 0 spiro atoms. The van der Waals surface area contributed by atoms with Gasteiger partial charge in [-0.1, -0.05) is 24.0 Å². The van der Waals surface area contributed by atoms with Gasteiger partial charge in [-0.15, -0.1) is 11.3 Å². The van der Waals surface area contributed by atoms with Gasteiger partial charge in [-0.25, -0.2) is 9.97 Å². The lowest BCUT2D eigenvalue weighted by Gasteiger charge is -2.00. The molecule has 3 aromatic rings. The molecule has 0 unspecified atom stereocenters. The first-order chi connectivity index (χ1) is 11.6. The SMILES string of the molecule is Nc1ncc2ncc(-c3csc(C=C4SC(=S)NC4=O)c3)cc2n1. The average Bonchev–Trinajstić information content (AvgIpc) is 3.13. The Morgan fingerprint density at radius 3 is 2.83 bits per heavy atom. The first-order valence-corrected chi connectivity index (χ1v) is 8.91. The molecule has 1 amide bonds. The third-order valence-corrected chi connectivity index (χ3v) is 5.36. The van der Waals surface area contributed by atoms with Gasteiger partial charge < -0.3 is 11.1 Å². The number of rotatable bonds is 2. The van der Waals surface area contributed by atoms with Crippen LogP contribution in [-0.4, -0.2) is 25.2 Å². The highest BCUT2D eigenvalue weighted by Gasteiger charge is 2.22. The molecule has 1 saturated heterocycles. The number of nitrogens with zero attached hydrogens (tertiary/aromatic N) is 3. The predicted molar refractivity (Wildman–Crippen MR) is 101 cm³/mol. The molecule has 24 heavy (non-hydrogen) atoms. The van der Waals surface area contributed by atoms with E-state index in [-0.39, 0.29) is 11.9 Å². The first kappa shape index (κ1) is 15.2. The summed E-state index contributed by atoms with van der Waals surface area (Å²) < 4.78 is 0.485. The van der Waals surface area contributed by atoms with Crippen molar-refractivity contribution in [3.05, 3.63) is 39.7 Å². The van der Waals surface area contributed by atoms with Gasteiger partial charge in [0.25, 0.3) is 5.91 Å². The van der Waals surface area contributed by atoms with Gasteiger partial charge in [0.1, 0.15) is 9.84 Å². The zero-order valence-corrected chi connectivity index (χ0v) is 14.5. The van der Waals surface area contributed by atoms with Crippen LogP contribution >= 0.6 is 35.3 Å². The van der Waals surface area contributed by atoms with E-state index < -0.39 is 0 Å². The van der Waals surface area contributed by atoms with Gasteiger partial charge in [0.15, 0.2) is 0 Å². The average molecular weight is 371 g/mol. The van der Waals surface area contributed by atoms with Crippen LogP contribution < -0.4 is 11.1 Å². The minimum atomic E-state index is -0.153. The van der Waals surface area contributed by atoms with Crippen molar-refractivity contribution in [3.8, 4) is 11.1 Å². The monoisotopic (exact) mass is 371 g/mol. The van der Waals surface area contributed by atoms with Crippen LogP contribution in [-0.2, 0) is 4.79 Å². The van der Waals surface area contributed by atoms with Crippen LogP contribution in [0.5, 0.6) is 0 Å². The van der Waals surface area contributed by atoms with E-state index in [1.54, 1.807) is 23.7 Å². The van der Waals surface area contributed by atoms with Crippen LogP contribution in [0.15, 0.2) is 34.8 Å². The van der Waals surface area contributed by atoms with Crippen LogP contribution in [0, 0.1) is 0 Å². The highest BCUT2D eigenvalue weighted by Crippen LogP contribution is 2.31. The number of nitrogen functional groups attached to an aromatic ring is 1. The Hall–Kier alpha value is -2.36. The van der Waals surface area contributed by atoms with Crippen LogP contribution in [0.2, 0.25) is 0 Å². The van der Waals surface area contributed by atoms with Gasteiger partial charge in [-0.05, 0) is 29.2 Å². The summed E-state index contributed by atoms with van der Waals surface area (Å²) in [5.74, 6) is 0.0666. The zero-order valence-electron chi connectivity index (χ0n) is 12.0. The number of hydrogen-bond acceptors (Lipinski definition) is 8. The van der Waals surface area contributed by atoms with Crippen molar-refractivity contribution in [2.24, 2.45) is 0 Å². The second kappa shape index (κ2) is 5.93. The van der Waals surface area contributed by atoms with Crippen molar-refractivity contribution >= 4 is 68.6 Å². The number of fused-ring (bicyclic) bond motifs is 1. The lowest BCUT2D eigenvalue weighted by atomic mass is 10.1. The maximum atomic E-state index is 11.7. The molecule has 0 aromatic carbocycles. The Labute approximate surface area is 150 Å². The second-order valence-electron chi connectivity index (χ2n) is 4.95. The number of thiophene rings is 1. The van der Waals surface area contributed by atoms with E-state index in [2.05, 4.69) is 20.3 Å². The first-order valence-electron chi connectivity index (χ1n) is 6.80. The molecule has 4 rings (SSSR count). The third kappa shape index (κ3) is 2.88. The molecule has 0 bridgehead atoms. The Balaban J connectivity index is 1.69. The maximum Gasteiger partial charge on any atom is 0.263 e. The van der Waals surface area contributed by atoms with Gasteiger partial charge in [0, 0.05) is 16.6 Å². The number of aromatic nitrogens is 3. The largest absolute Gasteiger partial charge is 0.368 e. The molecule has 3 aromatic heterocycles. The van der Waals surface area contributed by atoms with E-state index in [9.17, 15) is 4.79 Å². The van der Waals surface area contributed by atoms with Crippen molar-refractivity contribution < 1.29 is 4.79 Å². The third-order valence-electron chi connectivity index (χ3n) is 3.32. The summed E-state index contributed by atoms with van der Waals surface area (Å²) in [6, 6.07) is 3.92. The summed E-state index contributed by atoms with van der Waals surface area (Å²) in [5, 5.41) is 4.62. The van der Waals surface area contributed by atoms with Crippen LogP contribution in [0.3, 0.4) is 0 Å². The van der Waals surface area contributed by atoms with Gasteiger partial charge in [0.2, 0.25) is 5.95 Å². The van der Waals surface area contributed by atoms with Gasteiger partial charge >= 0.3 is 0 Å². The van der Waals surface area contributed by atoms with E-state index in [0.717, 1.165) is 16.0 Å². The van der Waals surface area contributed by atoms with E-state index in [1.807, 2.05) is 23.6 Å². The Morgan fingerprint density at radius 1 is 1.17 bits per heavy atom. The number of nitrogens with one attached hydrogen (secondary N) is 1. The molecule has 0 radical (unpaired) electrons. The number of thiocarbonyl (C=S) groups is 1. The van der Waals surface area contributed by atoms with Crippen molar-refractivity contribution in [2.45, 2.75) is 0 Å². The van der Waals surface area contributed by atoms with E-state index >= 15 is 0 Å². The molecular weight excluding hydrogens is 362 g/mol. The molecule has 118 valence electrons. The minimum Gasteiger partial charge on any atom is -0.368 e. The lowest BCUT2D eigenvalue weighted by Crippen LogP contribution is -2.17. The fourth-order valence-corrected chi connectivity index (χ4v) is 4.18. The number of thioether (sulfide) groups is 1. The van der Waals surface area contributed by atoms with Crippen LogP contribution in [0.25, 0.3) is 28.2 Å². The molecule has 0 saturated carbocycles. The summed E-state index contributed by atoms with van der Waals surface area (Å²) in [6.07, 6.45) is 5.21. The molecule has 6 nitrogen and oxygen atoms in total. The van der Waals surface area contributed by atoms with Gasteiger partial charge in [-0.3, -0.25) is 9.78 Å². The van der Waals surface area contributed by atoms with Crippen LogP contribution in [0.4, 0.5) is 5.95 Å².